The van der Waals surface area contributed by atoms with Gasteiger partial charge in [-0.15, -0.1) is 0 Å². The molecule has 2 nitrogen and oxygen atoms in total. The van der Waals surface area contributed by atoms with E-state index in [0.717, 1.165) is 0 Å². The molecule has 7 heteroatoms. The van der Waals surface area contributed by atoms with Crippen LogP contribution in [0.1, 0.15) is 0 Å². The van der Waals surface area contributed by atoms with Gasteiger partial charge in [0.1, 0.15) is 0 Å². The van der Waals surface area contributed by atoms with Gasteiger partial charge in [0.25, 0.3) is 0 Å². The summed E-state index contributed by atoms with van der Waals surface area (Å²) in [7, 11) is 0. The van der Waals surface area contributed by atoms with E-state index in [1.54, 1.807) is 0 Å². The Morgan fingerprint density at radius 2 is 1.58 bits per heavy atom. The van der Waals surface area contributed by atoms with Gasteiger partial charge in [0.15, 0.2) is 6.67 Å². The van der Waals surface area contributed by atoms with Crippen molar-refractivity contribution >= 4 is 0 Å². The average Bonchev–Trinajstić information content (AvgIpc) is 2.29. The van der Waals surface area contributed by atoms with E-state index in [9.17, 15) is 22.0 Å². The van der Waals surface area contributed by atoms with Crippen molar-refractivity contribution in [3.05, 3.63) is 12.0 Å². The lowest BCUT2D eigenvalue weighted by molar-refractivity contribution is -0.248. The maximum Gasteiger partial charge on any atom is 0.350 e. The van der Waals surface area contributed by atoms with E-state index < -0.39 is 30.9 Å². The Kier molecular flexibility index (Phi) is 2.12. The summed E-state index contributed by atoms with van der Waals surface area (Å²) >= 11 is 0. The highest BCUT2D eigenvalue weighted by Crippen LogP contribution is 2.37. The number of alkyl halides is 3. The largest absolute Gasteiger partial charge is 0.415 e. The van der Waals surface area contributed by atoms with E-state index in [1.165, 1.54) is 0 Å². The van der Waals surface area contributed by atoms with Crippen LogP contribution in [0.3, 0.4) is 0 Å². The van der Waals surface area contributed by atoms with E-state index >= 15 is 0 Å². The maximum absolute atomic E-state index is 12.0. The van der Waals surface area contributed by atoms with Crippen LogP contribution in [0.2, 0.25) is 0 Å². The summed E-state index contributed by atoms with van der Waals surface area (Å²) in [4.78, 5) is 0. The molecule has 0 bridgehead atoms. The maximum atomic E-state index is 12.0. The quantitative estimate of drug-likeness (QED) is 0.620. The Labute approximate surface area is 63.6 Å². The topological polar surface area (TPSA) is 18.5 Å². The molecule has 0 atom stereocenters. The zero-order valence-electron chi connectivity index (χ0n) is 5.49. The average molecular weight is 190 g/mol. The molecule has 1 aliphatic heterocycles. The van der Waals surface area contributed by atoms with E-state index in [-0.39, 0.29) is 0 Å². The lowest BCUT2D eigenvalue weighted by Gasteiger charge is -2.22. The first-order valence-corrected chi connectivity index (χ1v) is 2.79. The number of hydrogen-bond donors (Lipinski definition) is 0. The first kappa shape index (κ1) is 9.08. The molecular formula is C5H3F5O2. The lowest BCUT2D eigenvalue weighted by Crippen LogP contribution is -2.41. The minimum absolute atomic E-state index is 1.84. The van der Waals surface area contributed by atoms with Crippen molar-refractivity contribution in [1.29, 1.82) is 0 Å². The Morgan fingerprint density at radius 3 is 1.75 bits per heavy atom. The van der Waals surface area contributed by atoms with Gasteiger partial charge < -0.3 is 9.47 Å². The van der Waals surface area contributed by atoms with Gasteiger partial charge >= 0.3 is 24.2 Å². The van der Waals surface area contributed by atoms with E-state index in [0.29, 0.717) is 0 Å². The lowest BCUT2D eigenvalue weighted by atomic mass is 10.3. The minimum atomic E-state index is -3.47. The van der Waals surface area contributed by atoms with Crippen molar-refractivity contribution in [2.75, 3.05) is 6.67 Å². The second-order valence-electron chi connectivity index (χ2n) is 2.00. The standard InChI is InChI=1S/C5H3F5O2/c6-1-5(4(9)10)11-2(7)3(8)12-5/h4H,1H2. The molecule has 12 heavy (non-hydrogen) atoms. The van der Waals surface area contributed by atoms with Crippen molar-refractivity contribution in [2.45, 2.75) is 12.2 Å². The fourth-order valence-corrected chi connectivity index (χ4v) is 0.606. The minimum Gasteiger partial charge on any atom is -0.415 e. The Balaban J connectivity index is 2.78. The van der Waals surface area contributed by atoms with Gasteiger partial charge in [-0.2, -0.15) is 8.78 Å². The van der Waals surface area contributed by atoms with Crippen LogP contribution < -0.4 is 0 Å². The molecule has 0 aromatic heterocycles. The van der Waals surface area contributed by atoms with E-state index in [1.807, 2.05) is 0 Å². The molecule has 0 saturated carbocycles. The molecule has 0 saturated heterocycles. The van der Waals surface area contributed by atoms with Crippen molar-refractivity contribution in [2.24, 2.45) is 0 Å². The van der Waals surface area contributed by atoms with Gasteiger partial charge in [0.05, 0.1) is 0 Å². The molecule has 0 amide bonds. The highest BCUT2D eigenvalue weighted by molar-refractivity contribution is 4.96. The molecule has 0 aromatic carbocycles. The highest BCUT2D eigenvalue weighted by atomic mass is 19.3. The van der Waals surface area contributed by atoms with Crippen LogP contribution >= 0.6 is 0 Å². The van der Waals surface area contributed by atoms with Crippen LogP contribution in [0.5, 0.6) is 0 Å². The summed E-state index contributed by atoms with van der Waals surface area (Å²) in [5, 5.41) is 0. The predicted octanol–water partition coefficient (Wildman–Crippen LogP) is 2.03. The highest BCUT2D eigenvalue weighted by Gasteiger charge is 2.53. The molecule has 1 rings (SSSR count). The van der Waals surface area contributed by atoms with Gasteiger partial charge in [-0.25, -0.2) is 13.2 Å². The van der Waals surface area contributed by atoms with Crippen LogP contribution in [-0.4, -0.2) is 18.9 Å². The van der Waals surface area contributed by atoms with Gasteiger partial charge in [-0.3, -0.25) is 0 Å². The summed E-state index contributed by atoms with van der Waals surface area (Å²) in [5.74, 6) is -3.14. The molecule has 0 aliphatic carbocycles. The summed E-state index contributed by atoms with van der Waals surface area (Å²) in [6.07, 6.45) is -3.47. The van der Waals surface area contributed by atoms with Crippen LogP contribution in [0.4, 0.5) is 22.0 Å². The monoisotopic (exact) mass is 190 g/mol. The van der Waals surface area contributed by atoms with Crippen LogP contribution in [0.25, 0.3) is 0 Å². The molecule has 1 aliphatic rings. The third kappa shape index (κ3) is 1.19. The summed E-state index contributed by atoms with van der Waals surface area (Å²) in [6.45, 7) is -1.84. The molecule has 1 heterocycles. The number of ether oxygens (including phenoxy) is 2. The summed E-state index contributed by atoms with van der Waals surface area (Å²) in [6, 6.07) is -3.93. The molecule has 0 radical (unpaired) electrons. The molecule has 0 unspecified atom stereocenters. The van der Waals surface area contributed by atoms with Crippen molar-refractivity contribution < 1.29 is 31.4 Å². The van der Waals surface area contributed by atoms with Crippen molar-refractivity contribution in [3.8, 4) is 0 Å². The molecule has 0 fully saturated rings. The Hall–Kier alpha value is -1.01. The Morgan fingerprint density at radius 1 is 1.17 bits per heavy atom. The fourth-order valence-electron chi connectivity index (χ4n) is 0.606. The second kappa shape index (κ2) is 2.80. The summed E-state index contributed by atoms with van der Waals surface area (Å²) in [5.41, 5.74) is 0. The van der Waals surface area contributed by atoms with Crippen LogP contribution in [0.15, 0.2) is 12.0 Å². The number of rotatable bonds is 2. The molecule has 0 aromatic rings. The normalized spacial score (nSPS) is 21.2. The van der Waals surface area contributed by atoms with Gasteiger partial charge in [-0.05, 0) is 0 Å². The molecule has 0 N–H and O–H groups in total. The number of hydrogen-bond acceptors (Lipinski definition) is 2. The molecule has 0 spiro atoms. The first-order chi connectivity index (χ1) is 5.52. The van der Waals surface area contributed by atoms with Crippen LogP contribution in [0, 0.1) is 0 Å². The van der Waals surface area contributed by atoms with Gasteiger partial charge in [-0.1, -0.05) is 0 Å². The Bertz CT molecular complexity index is 200. The van der Waals surface area contributed by atoms with E-state index in [2.05, 4.69) is 9.47 Å². The third-order valence-electron chi connectivity index (χ3n) is 1.20. The summed E-state index contributed by atoms with van der Waals surface area (Å²) < 4.78 is 66.8. The van der Waals surface area contributed by atoms with Crippen molar-refractivity contribution in [1.82, 2.24) is 0 Å². The zero-order valence-corrected chi connectivity index (χ0v) is 5.49. The zero-order chi connectivity index (χ0) is 9.35. The van der Waals surface area contributed by atoms with Crippen molar-refractivity contribution in [3.63, 3.8) is 0 Å². The molecular weight excluding hydrogens is 187 g/mol. The predicted molar refractivity (Wildman–Crippen MR) is 26.1 cm³/mol. The van der Waals surface area contributed by atoms with Crippen LogP contribution in [-0.2, 0) is 9.47 Å². The van der Waals surface area contributed by atoms with Gasteiger partial charge in [0.2, 0.25) is 0 Å². The second-order valence-corrected chi connectivity index (χ2v) is 2.00. The SMILES string of the molecule is FCC1(C(F)F)OC(F)=C(F)O1. The van der Waals surface area contributed by atoms with E-state index in [4.69, 9.17) is 0 Å². The smallest absolute Gasteiger partial charge is 0.350 e. The van der Waals surface area contributed by atoms with Gasteiger partial charge in [0, 0.05) is 0 Å². The first-order valence-electron chi connectivity index (χ1n) is 2.79. The number of halogens is 5. The molecule has 70 valence electrons. The fraction of sp³-hybridized carbons (Fsp3) is 0.600. The third-order valence-corrected chi connectivity index (χ3v) is 1.20.